The highest BCUT2D eigenvalue weighted by Crippen LogP contribution is 2.36. The summed E-state index contributed by atoms with van der Waals surface area (Å²) in [5, 5.41) is 9.11. The third-order valence-corrected chi connectivity index (χ3v) is 2.83. The highest BCUT2D eigenvalue weighted by molar-refractivity contribution is 5.84. The second-order valence-electron chi connectivity index (χ2n) is 4.21. The van der Waals surface area contributed by atoms with E-state index in [9.17, 15) is 4.79 Å². The molecule has 2 rings (SSSR count). The lowest BCUT2D eigenvalue weighted by Crippen LogP contribution is -2.40. The minimum absolute atomic E-state index is 0.596. The van der Waals surface area contributed by atoms with Gasteiger partial charge < -0.3 is 14.6 Å². The van der Waals surface area contributed by atoms with Gasteiger partial charge in [-0.2, -0.15) is 0 Å². The molecule has 0 spiro atoms. The Morgan fingerprint density at radius 2 is 2.18 bits per heavy atom. The first kappa shape index (κ1) is 11.5. The first-order chi connectivity index (χ1) is 7.96. The van der Waals surface area contributed by atoms with Crippen LogP contribution in [0.25, 0.3) is 6.08 Å². The van der Waals surface area contributed by atoms with Gasteiger partial charge in [0.15, 0.2) is 0 Å². The maximum absolute atomic E-state index is 11.1. The van der Waals surface area contributed by atoms with Crippen LogP contribution in [0.4, 0.5) is 0 Å². The number of benzene rings is 1. The van der Waals surface area contributed by atoms with Crippen LogP contribution in [0.3, 0.4) is 0 Å². The average molecular weight is 234 g/mol. The monoisotopic (exact) mass is 234 g/mol. The lowest BCUT2D eigenvalue weighted by Gasteiger charge is -2.28. The van der Waals surface area contributed by atoms with Gasteiger partial charge in [-0.15, -0.1) is 0 Å². The molecule has 0 radical (unpaired) electrons. The van der Waals surface area contributed by atoms with Gasteiger partial charge in [0.25, 0.3) is 0 Å². The Bertz CT molecular complexity index is 504. The summed E-state index contributed by atoms with van der Waals surface area (Å²) in [4.78, 5) is 11.1. The van der Waals surface area contributed by atoms with Crippen LogP contribution >= 0.6 is 0 Å². The zero-order chi connectivity index (χ0) is 12.6. The number of carboxylic acids is 1. The molecule has 1 atom stereocenters. The first-order valence-corrected chi connectivity index (χ1v) is 5.26. The summed E-state index contributed by atoms with van der Waals surface area (Å²) in [5.74, 6) is 0.321. The van der Waals surface area contributed by atoms with Gasteiger partial charge in [-0.3, -0.25) is 0 Å². The standard InChI is InChI=1S/C13H14O4/c1-8-6-10(16-3)7-9-4-5-13(2,12(14)15)17-11(8)9/h4-7H,1-3H3,(H,14,15)/t13-/m0/s1. The third kappa shape index (κ3) is 1.86. The second-order valence-corrected chi connectivity index (χ2v) is 4.21. The summed E-state index contributed by atoms with van der Waals surface area (Å²) in [6, 6.07) is 3.64. The molecule has 4 heteroatoms. The van der Waals surface area contributed by atoms with E-state index in [0.29, 0.717) is 5.75 Å². The lowest BCUT2D eigenvalue weighted by atomic mass is 9.98. The van der Waals surface area contributed by atoms with E-state index in [2.05, 4.69) is 0 Å². The molecule has 0 saturated carbocycles. The number of methoxy groups -OCH3 is 1. The molecule has 0 bridgehead atoms. The minimum Gasteiger partial charge on any atom is -0.497 e. The molecule has 90 valence electrons. The third-order valence-electron chi connectivity index (χ3n) is 2.83. The molecule has 0 aromatic heterocycles. The van der Waals surface area contributed by atoms with Crippen LogP contribution in [0.5, 0.6) is 11.5 Å². The Morgan fingerprint density at radius 3 is 2.76 bits per heavy atom. The SMILES string of the molecule is COc1cc(C)c2c(c1)C=C[C@@](C)(C(=O)O)O2. The van der Waals surface area contributed by atoms with Crippen LogP contribution in [-0.2, 0) is 4.79 Å². The Balaban J connectivity index is 2.50. The van der Waals surface area contributed by atoms with Crippen LogP contribution in [0, 0.1) is 6.92 Å². The molecule has 0 fully saturated rings. The quantitative estimate of drug-likeness (QED) is 0.852. The highest BCUT2D eigenvalue weighted by atomic mass is 16.5. The van der Waals surface area contributed by atoms with Crippen molar-refractivity contribution in [2.24, 2.45) is 0 Å². The van der Waals surface area contributed by atoms with Gasteiger partial charge in [0.1, 0.15) is 11.5 Å². The van der Waals surface area contributed by atoms with Crippen molar-refractivity contribution in [3.63, 3.8) is 0 Å². The Morgan fingerprint density at radius 1 is 1.47 bits per heavy atom. The fraction of sp³-hybridized carbons (Fsp3) is 0.308. The van der Waals surface area contributed by atoms with E-state index in [4.69, 9.17) is 14.6 Å². The lowest BCUT2D eigenvalue weighted by molar-refractivity contribution is -0.149. The van der Waals surface area contributed by atoms with Crippen LogP contribution in [0.1, 0.15) is 18.1 Å². The van der Waals surface area contributed by atoms with Crippen molar-refractivity contribution in [3.8, 4) is 11.5 Å². The normalized spacial score (nSPS) is 21.6. The zero-order valence-corrected chi connectivity index (χ0v) is 9.98. The minimum atomic E-state index is -1.30. The molecule has 1 aliphatic rings. The van der Waals surface area contributed by atoms with Gasteiger partial charge in [-0.1, -0.05) is 6.08 Å². The fourth-order valence-corrected chi connectivity index (χ4v) is 1.76. The van der Waals surface area contributed by atoms with Crippen molar-refractivity contribution in [3.05, 3.63) is 29.3 Å². The molecule has 0 saturated heterocycles. The van der Waals surface area contributed by atoms with Crippen molar-refractivity contribution < 1.29 is 19.4 Å². The van der Waals surface area contributed by atoms with Crippen LogP contribution < -0.4 is 9.47 Å². The molecule has 1 aromatic rings. The van der Waals surface area contributed by atoms with Gasteiger partial charge in [0, 0.05) is 5.56 Å². The molecular formula is C13H14O4. The number of aliphatic carboxylic acids is 1. The molecule has 1 aliphatic heterocycles. The van der Waals surface area contributed by atoms with E-state index in [1.807, 2.05) is 19.1 Å². The number of fused-ring (bicyclic) bond motifs is 1. The Kier molecular flexibility index (Phi) is 2.58. The van der Waals surface area contributed by atoms with Crippen molar-refractivity contribution in [1.82, 2.24) is 0 Å². The molecular weight excluding hydrogens is 220 g/mol. The number of hydrogen-bond acceptors (Lipinski definition) is 3. The van der Waals surface area contributed by atoms with Gasteiger partial charge in [0.05, 0.1) is 7.11 Å². The maximum Gasteiger partial charge on any atom is 0.351 e. The number of hydrogen-bond donors (Lipinski definition) is 1. The van der Waals surface area contributed by atoms with Crippen LogP contribution in [-0.4, -0.2) is 23.8 Å². The Hall–Kier alpha value is -1.97. The van der Waals surface area contributed by atoms with Gasteiger partial charge in [0.2, 0.25) is 5.60 Å². The summed E-state index contributed by atoms with van der Waals surface area (Å²) in [6.45, 7) is 3.39. The fourth-order valence-electron chi connectivity index (χ4n) is 1.76. The van der Waals surface area contributed by atoms with Gasteiger partial charge >= 0.3 is 5.97 Å². The summed E-state index contributed by atoms with van der Waals surface area (Å²) in [6.07, 6.45) is 3.29. The number of ether oxygens (including phenoxy) is 2. The zero-order valence-electron chi connectivity index (χ0n) is 9.98. The smallest absolute Gasteiger partial charge is 0.351 e. The molecule has 0 unspecified atom stereocenters. The number of carboxylic acid groups (broad SMARTS) is 1. The predicted octanol–water partition coefficient (Wildman–Crippen LogP) is 2.25. The summed E-state index contributed by atoms with van der Waals surface area (Å²) < 4.78 is 10.7. The molecule has 1 heterocycles. The van der Waals surface area contributed by atoms with E-state index < -0.39 is 11.6 Å². The van der Waals surface area contributed by atoms with E-state index in [-0.39, 0.29) is 0 Å². The molecule has 4 nitrogen and oxygen atoms in total. The van der Waals surface area contributed by atoms with Crippen molar-refractivity contribution in [2.45, 2.75) is 19.4 Å². The summed E-state index contributed by atoms with van der Waals surface area (Å²) >= 11 is 0. The van der Waals surface area contributed by atoms with Gasteiger partial charge in [-0.25, -0.2) is 4.79 Å². The average Bonchev–Trinajstić information content (AvgIpc) is 2.29. The summed E-state index contributed by atoms with van der Waals surface area (Å²) in [7, 11) is 1.59. The highest BCUT2D eigenvalue weighted by Gasteiger charge is 2.36. The van der Waals surface area contributed by atoms with Crippen molar-refractivity contribution in [2.75, 3.05) is 7.11 Å². The maximum atomic E-state index is 11.1. The number of aryl methyl sites for hydroxylation is 1. The summed E-state index contributed by atoms with van der Waals surface area (Å²) in [5.41, 5.74) is 0.392. The topological polar surface area (TPSA) is 55.8 Å². The largest absolute Gasteiger partial charge is 0.497 e. The molecule has 17 heavy (non-hydrogen) atoms. The van der Waals surface area contributed by atoms with E-state index in [0.717, 1.165) is 16.9 Å². The molecule has 0 aliphatic carbocycles. The predicted molar refractivity (Wildman–Crippen MR) is 63.4 cm³/mol. The molecule has 1 N–H and O–H groups in total. The first-order valence-electron chi connectivity index (χ1n) is 5.26. The molecule has 0 amide bonds. The van der Waals surface area contributed by atoms with Crippen molar-refractivity contribution in [1.29, 1.82) is 0 Å². The van der Waals surface area contributed by atoms with Gasteiger partial charge in [-0.05, 0) is 37.6 Å². The number of rotatable bonds is 2. The van der Waals surface area contributed by atoms with Crippen LogP contribution in [0.15, 0.2) is 18.2 Å². The second kappa shape index (κ2) is 3.80. The molecule has 1 aromatic carbocycles. The Labute approximate surface area is 99.5 Å². The van der Waals surface area contributed by atoms with E-state index in [1.165, 1.54) is 13.0 Å². The van der Waals surface area contributed by atoms with E-state index in [1.54, 1.807) is 13.2 Å². The number of carbonyl (C=O) groups is 1. The van der Waals surface area contributed by atoms with Crippen molar-refractivity contribution >= 4 is 12.0 Å². The van der Waals surface area contributed by atoms with Crippen LogP contribution in [0.2, 0.25) is 0 Å². The van der Waals surface area contributed by atoms with E-state index >= 15 is 0 Å².